The molecule has 0 aliphatic carbocycles. The van der Waals surface area contributed by atoms with Gasteiger partial charge in [0.15, 0.2) is 0 Å². The van der Waals surface area contributed by atoms with Crippen LogP contribution in [0.2, 0.25) is 0 Å². The predicted molar refractivity (Wildman–Crippen MR) is 48.3 cm³/mol. The molecule has 6 heteroatoms. The molecule has 0 heterocycles. The van der Waals surface area contributed by atoms with E-state index in [0.29, 0.717) is 0 Å². The molecule has 0 fully saturated rings. The summed E-state index contributed by atoms with van der Waals surface area (Å²) in [4.78, 5) is 0.209. The summed E-state index contributed by atoms with van der Waals surface area (Å²) in [5.74, 6) is -0.999. The van der Waals surface area contributed by atoms with Crippen LogP contribution >= 0.6 is 0 Å². The van der Waals surface area contributed by atoms with Crippen molar-refractivity contribution in [1.82, 2.24) is 0 Å². The minimum Gasteiger partial charge on any atom is -0.254 e. The van der Waals surface area contributed by atoms with Crippen LogP contribution < -0.4 is 0 Å². The van der Waals surface area contributed by atoms with Crippen molar-refractivity contribution in [3.63, 3.8) is 0 Å². The van der Waals surface area contributed by atoms with E-state index in [1.807, 2.05) is 0 Å². The molecule has 0 aliphatic rings. The van der Waals surface area contributed by atoms with Crippen molar-refractivity contribution >= 4 is 10.8 Å². The van der Waals surface area contributed by atoms with Crippen molar-refractivity contribution in [2.75, 3.05) is 5.75 Å². The minimum atomic E-state index is -4.31. The van der Waals surface area contributed by atoms with Crippen LogP contribution in [-0.2, 0) is 10.8 Å². The van der Waals surface area contributed by atoms with Gasteiger partial charge >= 0.3 is 6.18 Å². The molecule has 0 saturated carbocycles. The summed E-state index contributed by atoms with van der Waals surface area (Å²) in [6.07, 6.45) is -5.41. The quantitative estimate of drug-likeness (QED) is 0.742. The van der Waals surface area contributed by atoms with Crippen molar-refractivity contribution in [1.29, 1.82) is 0 Å². The van der Waals surface area contributed by atoms with E-state index in [1.165, 1.54) is 12.1 Å². The molecule has 1 atom stereocenters. The van der Waals surface area contributed by atoms with E-state index in [0.717, 1.165) is 12.1 Å². The summed E-state index contributed by atoms with van der Waals surface area (Å²) in [5.41, 5.74) is 0. The molecule has 1 rings (SSSR count). The van der Waals surface area contributed by atoms with E-state index >= 15 is 0 Å². The maximum Gasteiger partial charge on any atom is 0.390 e. The second-order valence-electron chi connectivity index (χ2n) is 2.87. The first-order chi connectivity index (χ1) is 6.88. The zero-order valence-electron chi connectivity index (χ0n) is 7.55. The Balaban J connectivity index is 2.58. The van der Waals surface area contributed by atoms with Gasteiger partial charge in [-0.1, -0.05) is 0 Å². The van der Waals surface area contributed by atoms with Crippen LogP contribution in [0.25, 0.3) is 0 Å². The molecular formula is C9H8F4OS. The number of halogens is 4. The summed E-state index contributed by atoms with van der Waals surface area (Å²) < 4.78 is 59.1. The minimum absolute atomic E-state index is 0.209. The number of rotatable bonds is 3. The summed E-state index contributed by atoms with van der Waals surface area (Å²) in [6, 6.07) is 4.59. The smallest absolute Gasteiger partial charge is 0.254 e. The van der Waals surface area contributed by atoms with Crippen LogP contribution in [0.15, 0.2) is 29.2 Å². The molecule has 84 valence electrons. The molecule has 0 bridgehead atoms. The standard InChI is InChI=1S/C9H8F4OS/c10-7-1-3-8(4-2-7)15(14)6-5-9(11,12)13/h1-4H,5-6H2. The highest BCUT2D eigenvalue weighted by Crippen LogP contribution is 2.21. The largest absolute Gasteiger partial charge is 0.390 e. The van der Waals surface area contributed by atoms with Gasteiger partial charge in [0.1, 0.15) is 5.82 Å². The van der Waals surface area contributed by atoms with Gasteiger partial charge in [-0.05, 0) is 24.3 Å². The molecule has 1 aromatic rings. The molecule has 0 amide bonds. The Kier molecular flexibility index (Phi) is 3.84. The third-order valence-electron chi connectivity index (χ3n) is 1.65. The highest BCUT2D eigenvalue weighted by Gasteiger charge is 2.27. The Morgan fingerprint density at radius 3 is 2.13 bits per heavy atom. The van der Waals surface area contributed by atoms with Gasteiger partial charge in [-0.15, -0.1) is 0 Å². The Morgan fingerprint density at radius 2 is 1.67 bits per heavy atom. The van der Waals surface area contributed by atoms with Crippen molar-refractivity contribution in [2.45, 2.75) is 17.5 Å². The first kappa shape index (κ1) is 12.2. The average molecular weight is 240 g/mol. The van der Waals surface area contributed by atoms with E-state index < -0.39 is 35.0 Å². The fraction of sp³-hybridized carbons (Fsp3) is 0.333. The van der Waals surface area contributed by atoms with Gasteiger partial charge < -0.3 is 0 Å². The van der Waals surface area contributed by atoms with Crippen LogP contribution in [0.3, 0.4) is 0 Å². The van der Waals surface area contributed by atoms with Gasteiger partial charge in [0.2, 0.25) is 0 Å². The number of alkyl halides is 3. The van der Waals surface area contributed by atoms with Crippen molar-refractivity contribution in [2.24, 2.45) is 0 Å². The first-order valence-corrected chi connectivity index (χ1v) is 5.41. The van der Waals surface area contributed by atoms with E-state index in [1.54, 1.807) is 0 Å². The SMILES string of the molecule is O=S(CCC(F)(F)F)c1ccc(F)cc1. The zero-order valence-corrected chi connectivity index (χ0v) is 8.37. The molecule has 0 N–H and O–H groups in total. The topological polar surface area (TPSA) is 17.1 Å². The Labute approximate surface area is 86.6 Å². The van der Waals surface area contributed by atoms with Crippen molar-refractivity contribution in [3.05, 3.63) is 30.1 Å². The summed E-state index contributed by atoms with van der Waals surface area (Å²) in [6.45, 7) is 0. The fourth-order valence-electron chi connectivity index (χ4n) is 0.913. The highest BCUT2D eigenvalue weighted by atomic mass is 32.2. The normalized spacial score (nSPS) is 13.9. The van der Waals surface area contributed by atoms with E-state index in [2.05, 4.69) is 0 Å². The molecule has 0 aromatic heterocycles. The zero-order chi connectivity index (χ0) is 11.5. The monoisotopic (exact) mass is 240 g/mol. The van der Waals surface area contributed by atoms with Crippen LogP contribution in [0.1, 0.15) is 6.42 Å². The molecular weight excluding hydrogens is 232 g/mol. The van der Waals surface area contributed by atoms with Crippen molar-refractivity contribution < 1.29 is 21.8 Å². The van der Waals surface area contributed by atoms with Gasteiger partial charge in [0.25, 0.3) is 0 Å². The Hall–Kier alpha value is -0.910. The molecule has 0 aliphatic heterocycles. The predicted octanol–water partition coefficient (Wildman–Crippen LogP) is 2.89. The molecule has 0 saturated heterocycles. The number of benzene rings is 1. The van der Waals surface area contributed by atoms with Gasteiger partial charge in [-0.3, -0.25) is 4.21 Å². The van der Waals surface area contributed by atoms with Crippen molar-refractivity contribution in [3.8, 4) is 0 Å². The molecule has 15 heavy (non-hydrogen) atoms. The lowest BCUT2D eigenvalue weighted by Crippen LogP contribution is -2.12. The van der Waals surface area contributed by atoms with Gasteiger partial charge in [0.05, 0.1) is 17.2 Å². The Bertz CT molecular complexity index is 344. The molecule has 0 radical (unpaired) electrons. The molecule has 1 unspecified atom stereocenters. The molecule has 1 nitrogen and oxygen atoms in total. The maximum absolute atomic E-state index is 12.4. The second-order valence-corrected chi connectivity index (χ2v) is 4.44. The van der Waals surface area contributed by atoms with Gasteiger partial charge in [0, 0.05) is 10.6 Å². The third kappa shape index (κ3) is 4.42. The lowest BCUT2D eigenvalue weighted by atomic mass is 10.4. The number of hydrogen-bond acceptors (Lipinski definition) is 1. The fourth-order valence-corrected chi connectivity index (χ4v) is 2.00. The Morgan fingerprint density at radius 1 is 1.13 bits per heavy atom. The summed E-state index contributed by atoms with van der Waals surface area (Å²) >= 11 is 0. The summed E-state index contributed by atoms with van der Waals surface area (Å²) in [7, 11) is -1.72. The first-order valence-electron chi connectivity index (χ1n) is 4.09. The highest BCUT2D eigenvalue weighted by molar-refractivity contribution is 7.85. The van der Waals surface area contributed by atoms with Gasteiger partial charge in [-0.25, -0.2) is 4.39 Å². The van der Waals surface area contributed by atoms with E-state index in [4.69, 9.17) is 0 Å². The average Bonchev–Trinajstić information content (AvgIpc) is 2.14. The van der Waals surface area contributed by atoms with E-state index in [-0.39, 0.29) is 4.90 Å². The van der Waals surface area contributed by atoms with Crippen LogP contribution in [0.4, 0.5) is 17.6 Å². The lowest BCUT2D eigenvalue weighted by molar-refractivity contribution is -0.129. The number of hydrogen-bond donors (Lipinski definition) is 0. The van der Waals surface area contributed by atoms with Crippen LogP contribution in [0.5, 0.6) is 0 Å². The van der Waals surface area contributed by atoms with Crippen LogP contribution in [0, 0.1) is 5.82 Å². The van der Waals surface area contributed by atoms with E-state index in [9.17, 15) is 21.8 Å². The maximum atomic E-state index is 12.4. The third-order valence-corrected chi connectivity index (χ3v) is 3.02. The van der Waals surface area contributed by atoms with Crippen LogP contribution in [-0.4, -0.2) is 16.1 Å². The van der Waals surface area contributed by atoms with Gasteiger partial charge in [-0.2, -0.15) is 13.2 Å². The summed E-state index contributed by atoms with van der Waals surface area (Å²) in [5, 5.41) is 0. The molecule has 0 spiro atoms. The molecule has 1 aromatic carbocycles. The second kappa shape index (κ2) is 4.74. The lowest BCUT2D eigenvalue weighted by Gasteiger charge is -2.05.